The molecule has 2 aromatic carbocycles. The molecule has 2 aromatic rings. The predicted molar refractivity (Wildman–Crippen MR) is 109 cm³/mol. The maximum atomic E-state index is 13.0. The zero-order chi connectivity index (χ0) is 21.2. The van der Waals surface area contributed by atoms with Crippen molar-refractivity contribution >= 4 is 33.0 Å². The van der Waals surface area contributed by atoms with Crippen LogP contribution in [0.25, 0.3) is 0 Å². The highest BCUT2D eigenvalue weighted by Crippen LogP contribution is 2.30. The van der Waals surface area contributed by atoms with Crippen LogP contribution in [0, 0.1) is 5.82 Å². The lowest BCUT2D eigenvalue weighted by molar-refractivity contribution is -0.117. The summed E-state index contributed by atoms with van der Waals surface area (Å²) >= 11 is 0. The van der Waals surface area contributed by atoms with Gasteiger partial charge in [-0.3, -0.25) is 9.59 Å². The number of carbonyl (C=O) groups is 2. The van der Waals surface area contributed by atoms with Gasteiger partial charge in [0.1, 0.15) is 5.82 Å². The van der Waals surface area contributed by atoms with Gasteiger partial charge in [0.25, 0.3) is 0 Å². The van der Waals surface area contributed by atoms with Crippen LogP contribution < -0.4 is 10.2 Å². The molecule has 0 aliphatic carbocycles. The second-order valence-corrected chi connectivity index (χ2v) is 9.55. The molecule has 8 heteroatoms. The number of hydrogen-bond donors (Lipinski definition) is 1. The first-order chi connectivity index (χ1) is 13.7. The van der Waals surface area contributed by atoms with E-state index in [1.807, 2.05) is 6.07 Å². The summed E-state index contributed by atoms with van der Waals surface area (Å²) in [6, 6.07) is 9.88. The Labute approximate surface area is 169 Å². The molecule has 3 rings (SSSR count). The molecular weight excluding hydrogens is 395 g/mol. The standard InChI is InChI=1S/C21H23FN2O4S/c1-14(29(27,28)19-8-5-17(22)6-9-19)12-21(26)23-18-7-10-20-16(13-18)4-3-11-24(20)15(2)25/h5-10,13-14H,3-4,11-12H2,1-2H3,(H,23,26). The van der Waals surface area contributed by atoms with Crippen LogP contribution in [0.2, 0.25) is 0 Å². The van der Waals surface area contributed by atoms with E-state index in [1.54, 1.807) is 17.0 Å². The Balaban J connectivity index is 1.69. The van der Waals surface area contributed by atoms with E-state index in [0.29, 0.717) is 12.2 Å². The van der Waals surface area contributed by atoms with Crippen molar-refractivity contribution in [2.45, 2.75) is 43.3 Å². The van der Waals surface area contributed by atoms with Crippen LogP contribution in [0.5, 0.6) is 0 Å². The van der Waals surface area contributed by atoms with Gasteiger partial charge in [-0.05, 0) is 67.8 Å². The Kier molecular flexibility index (Phi) is 6.02. The fourth-order valence-corrected chi connectivity index (χ4v) is 4.79. The molecule has 1 aliphatic rings. The lowest BCUT2D eigenvalue weighted by atomic mass is 10.0. The lowest BCUT2D eigenvalue weighted by Crippen LogP contribution is -2.33. The first kappa shape index (κ1) is 21.0. The van der Waals surface area contributed by atoms with E-state index in [-0.39, 0.29) is 17.2 Å². The smallest absolute Gasteiger partial charge is 0.225 e. The van der Waals surface area contributed by atoms with E-state index in [9.17, 15) is 22.4 Å². The molecule has 1 N–H and O–H groups in total. The van der Waals surface area contributed by atoms with E-state index in [2.05, 4.69) is 5.32 Å². The van der Waals surface area contributed by atoms with E-state index in [0.717, 1.165) is 36.2 Å². The van der Waals surface area contributed by atoms with E-state index in [4.69, 9.17) is 0 Å². The molecule has 0 fully saturated rings. The minimum absolute atomic E-state index is 0.0164. The molecule has 6 nitrogen and oxygen atoms in total. The number of anilines is 2. The Morgan fingerprint density at radius 2 is 1.86 bits per heavy atom. The number of carbonyl (C=O) groups excluding carboxylic acids is 2. The minimum atomic E-state index is -3.75. The van der Waals surface area contributed by atoms with E-state index < -0.39 is 26.8 Å². The molecule has 0 radical (unpaired) electrons. The van der Waals surface area contributed by atoms with Gasteiger partial charge in [-0.15, -0.1) is 0 Å². The van der Waals surface area contributed by atoms with Crippen LogP contribution in [-0.2, 0) is 25.8 Å². The summed E-state index contributed by atoms with van der Waals surface area (Å²) in [7, 11) is -3.75. The first-order valence-electron chi connectivity index (χ1n) is 9.39. The van der Waals surface area contributed by atoms with Crippen LogP contribution >= 0.6 is 0 Å². The molecule has 0 aromatic heterocycles. The number of benzene rings is 2. The molecular formula is C21H23FN2O4S. The molecule has 0 bridgehead atoms. The Morgan fingerprint density at radius 3 is 2.52 bits per heavy atom. The molecule has 1 heterocycles. The van der Waals surface area contributed by atoms with Crippen LogP contribution in [-0.4, -0.2) is 32.0 Å². The summed E-state index contributed by atoms with van der Waals surface area (Å²) in [5.41, 5.74) is 2.37. The number of nitrogens with one attached hydrogen (secondary N) is 1. The third-order valence-corrected chi connectivity index (χ3v) is 7.16. The molecule has 2 amide bonds. The summed E-state index contributed by atoms with van der Waals surface area (Å²) in [4.78, 5) is 25.8. The topological polar surface area (TPSA) is 83.6 Å². The normalized spacial score (nSPS) is 14.8. The SMILES string of the molecule is CC(=O)N1CCCc2cc(NC(=O)CC(C)S(=O)(=O)c3ccc(F)cc3)ccc21. The maximum Gasteiger partial charge on any atom is 0.225 e. The minimum Gasteiger partial charge on any atom is -0.326 e. The van der Waals surface area contributed by atoms with Gasteiger partial charge in [-0.2, -0.15) is 0 Å². The van der Waals surface area contributed by atoms with Crippen molar-refractivity contribution in [1.29, 1.82) is 0 Å². The number of fused-ring (bicyclic) bond motifs is 1. The van der Waals surface area contributed by atoms with E-state index in [1.165, 1.54) is 26.0 Å². The highest BCUT2D eigenvalue weighted by Gasteiger charge is 2.26. The number of sulfone groups is 1. The van der Waals surface area contributed by atoms with Gasteiger partial charge in [0.15, 0.2) is 9.84 Å². The second-order valence-electron chi connectivity index (χ2n) is 7.18. The Bertz CT molecular complexity index is 1040. The van der Waals surface area contributed by atoms with Crippen molar-refractivity contribution < 1.29 is 22.4 Å². The van der Waals surface area contributed by atoms with Crippen LogP contribution in [0.3, 0.4) is 0 Å². The summed E-state index contributed by atoms with van der Waals surface area (Å²) in [5, 5.41) is 1.77. The highest BCUT2D eigenvalue weighted by atomic mass is 32.2. The quantitative estimate of drug-likeness (QED) is 0.755. The fourth-order valence-electron chi connectivity index (χ4n) is 3.44. The monoisotopic (exact) mass is 418 g/mol. The van der Waals surface area contributed by atoms with E-state index >= 15 is 0 Å². The predicted octanol–water partition coefficient (Wildman–Crippen LogP) is 3.32. The number of halogens is 1. The number of nitrogens with zero attached hydrogens (tertiary/aromatic N) is 1. The Morgan fingerprint density at radius 1 is 1.17 bits per heavy atom. The third kappa shape index (κ3) is 4.64. The molecule has 1 unspecified atom stereocenters. The summed E-state index contributed by atoms with van der Waals surface area (Å²) in [5.74, 6) is -0.977. The van der Waals surface area contributed by atoms with Gasteiger partial charge in [-0.25, -0.2) is 12.8 Å². The Hall–Kier alpha value is -2.74. The molecule has 1 atom stereocenters. The highest BCUT2D eigenvalue weighted by molar-refractivity contribution is 7.92. The zero-order valence-corrected chi connectivity index (χ0v) is 17.1. The second kappa shape index (κ2) is 8.32. The van der Waals surface area contributed by atoms with Crippen molar-refractivity contribution in [2.75, 3.05) is 16.8 Å². The zero-order valence-electron chi connectivity index (χ0n) is 16.3. The molecule has 29 heavy (non-hydrogen) atoms. The largest absolute Gasteiger partial charge is 0.326 e. The number of amides is 2. The van der Waals surface area contributed by atoms with Crippen LogP contribution in [0.15, 0.2) is 47.4 Å². The molecule has 0 saturated carbocycles. The summed E-state index contributed by atoms with van der Waals surface area (Å²) in [6.07, 6.45) is 1.42. The molecule has 154 valence electrons. The van der Waals surface area contributed by atoms with Crippen molar-refractivity contribution in [3.63, 3.8) is 0 Å². The van der Waals surface area contributed by atoms with Gasteiger partial charge < -0.3 is 10.2 Å². The summed E-state index contributed by atoms with van der Waals surface area (Å²) in [6.45, 7) is 3.65. The van der Waals surface area contributed by atoms with Gasteiger partial charge in [0, 0.05) is 31.3 Å². The number of rotatable bonds is 5. The maximum absolute atomic E-state index is 13.0. The summed E-state index contributed by atoms with van der Waals surface area (Å²) < 4.78 is 38.2. The molecule has 0 saturated heterocycles. The molecule has 1 aliphatic heterocycles. The molecule has 0 spiro atoms. The van der Waals surface area contributed by atoms with Crippen molar-refractivity contribution in [2.24, 2.45) is 0 Å². The van der Waals surface area contributed by atoms with Gasteiger partial charge in [-0.1, -0.05) is 0 Å². The van der Waals surface area contributed by atoms with Gasteiger partial charge in [0.05, 0.1) is 10.1 Å². The van der Waals surface area contributed by atoms with Gasteiger partial charge in [0.2, 0.25) is 11.8 Å². The van der Waals surface area contributed by atoms with Crippen molar-refractivity contribution in [1.82, 2.24) is 0 Å². The number of hydrogen-bond acceptors (Lipinski definition) is 4. The fraction of sp³-hybridized carbons (Fsp3) is 0.333. The lowest BCUT2D eigenvalue weighted by Gasteiger charge is -2.29. The average molecular weight is 418 g/mol. The average Bonchev–Trinajstić information content (AvgIpc) is 2.67. The first-order valence-corrected chi connectivity index (χ1v) is 10.9. The van der Waals surface area contributed by atoms with Crippen LogP contribution in [0.4, 0.5) is 15.8 Å². The van der Waals surface area contributed by atoms with Gasteiger partial charge >= 0.3 is 0 Å². The number of aryl methyl sites for hydroxylation is 1. The van der Waals surface area contributed by atoms with Crippen molar-refractivity contribution in [3.05, 3.63) is 53.8 Å². The third-order valence-electron chi connectivity index (χ3n) is 5.01. The van der Waals surface area contributed by atoms with Crippen molar-refractivity contribution in [3.8, 4) is 0 Å². The van der Waals surface area contributed by atoms with Crippen LogP contribution in [0.1, 0.15) is 32.3 Å².